The van der Waals surface area contributed by atoms with Crippen LogP contribution in [0.3, 0.4) is 0 Å². The van der Waals surface area contributed by atoms with Crippen molar-refractivity contribution < 1.29 is 23.8 Å². The molecule has 1 aliphatic rings. The summed E-state index contributed by atoms with van der Waals surface area (Å²) < 4.78 is 14.7. The molecule has 0 aliphatic carbocycles. The Bertz CT molecular complexity index is 489. The van der Waals surface area contributed by atoms with Crippen molar-refractivity contribution in [2.75, 3.05) is 13.7 Å². The lowest BCUT2D eigenvalue weighted by Crippen LogP contribution is -2.21. The first-order valence-corrected chi connectivity index (χ1v) is 5.88. The number of benzene rings is 1. The number of carbonyl (C=O) groups excluding carboxylic acids is 2. The molecule has 0 bridgehead atoms. The van der Waals surface area contributed by atoms with Gasteiger partial charge in [0.25, 0.3) is 0 Å². The lowest BCUT2D eigenvalue weighted by molar-refractivity contribution is -0.156. The average molecular weight is 262 g/mol. The van der Waals surface area contributed by atoms with E-state index in [9.17, 15) is 9.59 Å². The summed E-state index contributed by atoms with van der Waals surface area (Å²) in [6, 6.07) is 7.21. The average Bonchev–Trinajstić information content (AvgIpc) is 2.82. The molecule has 100 valence electrons. The number of cyclic esters (lactones) is 1. The molecule has 1 aromatic carbocycles. The van der Waals surface area contributed by atoms with E-state index < -0.39 is 18.0 Å². The summed E-state index contributed by atoms with van der Waals surface area (Å²) in [6.07, 6.45) is 2.55. The minimum Gasteiger partial charge on any atom is -0.497 e. The third kappa shape index (κ3) is 3.58. The van der Waals surface area contributed by atoms with Crippen molar-refractivity contribution in [1.82, 2.24) is 0 Å². The summed E-state index contributed by atoms with van der Waals surface area (Å²) >= 11 is 0. The molecular formula is C14H14O5. The van der Waals surface area contributed by atoms with Crippen molar-refractivity contribution in [2.24, 2.45) is 0 Å². The van der Waals surface area contributed by atoms with Crippen molar-refractivity contribution >= 4 is 18.0 Å². The molecule has 0 aromatic heterocycles. The molecule has 0 saturated carbocycles. The Morgan fingerprint density at radius 3 is 2.68 bits per heavy atom. The third-order valence-electron chi connectivity index (χ3n) is 2.67. The maximum absolute atomic E-state index is 11.5. The maximum Gasteiger partial charge on any atom is 0.347 e. The van der Waals surface area contributed by atoms with Crippen LogP contribution in [-0.2, 0) is 19.1 Å². The third-order valence-corrected chi connectivity index (χ3v) is 2.67. The topological polar surface area (TPSA) is 61.8 Å². The van der Waals surface area contributed by atoms with Crippen LogP contribution >= 0.6 is 0 Å². The van der Waals surface area contributed by atoms with Crippen LogP contribution < -0.4 is 4.74 Å². The number of carbonyl (C=O) groups is 2. The van der Waals surface area contributed by atoms with Crippen LogP contribution in [0.2, 0.25) is 0 Å². The quantitative estimate of drug-likeness (QED) is 0.608. The van der Waals surface area contributed by atoms with Crippen LogP contribution in [0.5, 0.6) is 5.75 Å². The molecule has 1 fully saturated rings. The predicted octanol–water partition coefficient (Wildman–Crippen LogP) is 1.57. The van der Waals surface area contributed by atoms with Crippen molar-refractivity contribution in [3.05, 3.63) is 35.9 Å². The van der Waals surface area contributed by atoms with Gasteiger partial charge in [0.2, 0.25) is 6.10 Å². The molecule has 1 heterocycles. The van der Waals surface area contributed by atoms with Gasteiger partial charge in [-0.15, -0.1) is 0 Å². The summed E-state index contributed by atoms with van der Waals surface area (Å²) in [7, 11) is 1.59. The molecule has 0 spiro atoms. The van der Waals surface area contributed by atoms with Gasteiger partial charge < -0.3 is 14.2 Å². The van der Waals surface area contributed by atoms with Crippen LogP contribution in [0, 0.1) is 0 Å². The number of ether oxygens (including phenoxy) is 3. The number of esters is 2. The highest BCUT2D eigenvalue weighted by Crippen LogP contribution is 2.13. The highest BCUT2D eigenvalue weighted by Gasteiger charge is 2.29. The lowest BCUT2D eigenvalue weighted by atomic mass is 10.2. The van der Waals surface area contributed by atoms with Gasteiger partial charge in [-0.3, -0.25) is 0 Å². The van der Waals surface area contributed by atoms with E-state index in [0.717, 1.165) is 11.3 Å². The molecule has 1 atom stereocenters. The summed E-state index contributed by atoms with van der Waals surface area (Å²) in [5.74, 6) is -0.292. The minimum atomic E-state index is -0.770. The van der Waals surface area contributed by atoms with Gasteiger partial charge in [-0.2, -0.15) is 0 Å². The Morgan fingerprint density at radius 2 is 2.11 bits per heavy atom. The normalized spacial score (nSPS) is 18.4. The Balaban J connectivity index is 1.90. The van der Waals surface area contributed by atoms with E-state index in [-0.39, 0.29) is 0 Å². The fourth-order valence-corrected chi connectivity index (χ4v) is 1.64. The zero-order chi connectivity index (χ0) is 13.7. The van der Waals surface area contributed by atoms with Crippen LogP contribution in [0.1, 0.15) is 12.0 Å². The molecule has 0 radical (unpaired) electrons. The van der Waals surface area contributed by atoms with E-state index >= 15 is 0 Å². The Kier molecular flexibility index (Phi) is 4.18. The number of methoxy groups -OCH3 is 1. The molecule has 5 heteroatoms. The molecule has 1 aliphatic heterocycles. The largest absolute Gasteiger partial charge is 0.497 e. The van der Waals surface area contributed by atoms with E-state index in [4.69, 9.17) is 14.2 Å². The van der Waals surface area contributed by atoms with Crippen LogP contribution in [0.15, 0.2) is 30.3 Å². The molecular weight excluding hydrogens is 248 g/mol. The SMILES string of the molecule is COc1ccc(/C=C/C(=O)O[C@@H]2CCOC2=O)cc1. The van der Waals surface area contributed by atoms with E-state index in [1.807, 2.05) is 12.1 Å². The first-order valence-electron chi connectivity index (χ1n) is 5.88. The zero-order valence-corrected chi connectivity index (χ0v) is 10.5. The Labute approximate surface area is 110 Å². The minimum absolute atomic E-state index is 0.305. The second-order valence-electron chi connectivity index (χ2n) is 3.99. The second kappa shape index (κ2) is 6.04. The fraction of sp³-hybridized carbons (Fsp3) is 0.286. The molecule has 0 unspecified atom stereocenters. The number of hydrogen-bond acceptors (Lipinski definition) is 5. The van der Waals surface area contributed by atoms with E-state index in [1.54, 1.807) is 25.3 Å². The van der Waals surface area contributed by atoms with Gasteiger partial charge in [-0.1, -0.05) is 12.1 Å². The van der Waals surface area contributed by atoms with Gasteiger partial charge in [0, 0.05) is 12.5 Å². The molecule has 1 aromatic rings. The van der Waals surface area contributed by atoms with E-state index in [0.29, 0.717) is 13.0 Å². The van der Waals surface area contributed by atoms with Gasteiger partial charge in [0.15, 0.2) is 0 Å². The molecule has 0 N–H and O–H groups in total. The van der Waals surface area contributed by atoms with Crippen molar-refractivity contribution in [1.29, 1.82) is 0 Å². The number of rotatable bonds is 4. The Hall–Kier alpha value is -2.30. The lowest BCUT2D eigenvalue weighted by Gasteiger charge is -2.05. The molecule has 0 amide bonds. The summed E-state index contributed by atoms with van der Waals surface area (Å²) in [6.45, 7) is 0.305. The smallest absolute Gasteiger partial charge is 0.347 e. The zero-order valence-electron chi connectivity index (χ0n) is 10.5. The van der Waals surface area contributed by atoms with Crippen LogP contribution in [-0.4, -0.2) is 31.8 Å². The molecule has 5 nitrogen and oxygen atoms in total. The summed E-state index contributed by atoms with van der Waals surface area (Å²) in [5.41, 5.74) is 0.840. The van der Waals surface area contributed by atoms with E-state index in [2.05, 4.69) is 0 Å². The van der Waals surface area contributed by atoms with Gasteiger partial charge in [0.05, 0.1) is 13.7 Å². The van der Waals surface area contributed by atoms with Crippen molar-refractivity contribution in [3.63, 3.8) is 0 Å². The second-order valence-corrected chi connectivity index (χ2v) is 3.99. The fourth-order valence-electron chi connectivity index (χ4n) is 1.64. The Morgan fingerprint density at radius 1 is 1.37 bits per heavy atom. The first-order chi connectivity index (χ1) is 9.19. The summed E-state index contributed by atoms with van der Waals surface area (Å²) in [4.78, 5) is 22.6. The number of hydrogen-bond donors (Lipinski definition) is 0. The predicted molar refractivity (Wildman–Crippen MR) is 67.5 cm³/mol. The van der Waals surface area contributed by atoms with Gasteiger partial charge in [-0.05, 0) is 23.8 Å². The summed E-state index contributed by atoms with van der Waals surface area (Å²) in [5, 5.41) is 0. The van der Waals surface area contributed by atoms with Crippen molar-refractivity contribution in [3.8, 4) is 5.75 Å². The monoisotopic (exact) mass is 262 g/mol. The van der Waals surface area contributed by atoms with Crippen molar-refractivity contribution in [2.45, 2.75) is 12.5 Å². The first kappa shape index (κ1) is 13.1. The van der Waals surface area contributed by atoms with Gasteiger partial charge in [0.1, 0.15) is 5.75 Å². The van der Waals surface area contributed by atoms with Gasteiger partial charge in [-0.25, -0.2) is 9.59 Å². The molecule has 1 saturated heterocycles. The molecule has 2 rings (SSSR count). The molecule has 19 heavy (non-hydrogen) atoms. The highest BCUT2D eigenvalue weighted by molar-refractivity contribution is 5.89. The standard InChI is InChI=1S/C14H14O5/c1-17-11-5-2-10(3-6-11)4-7-13(15)19-12-8-9-18-14(12)16/h2-7,12H,8-9H2,1H3/b7-4+/t12-/m1/s1. The highest BCUT2D eigenvalue weighted by atomic mass is 16.6. The van der Waals surface area contributed by atoms with Gasteiger partial charge >= 0.3 is 11.9 Å². The maximum atomic E-state index is 11.5. The van der Waals surface area contributed by atoms with E-state index in [1.165, 1.54) is 6.08 Å². The van der Waals surface area contributed by atoms with Crippen LogP contribution in [0.25, 0.3) is 6.08 Å². The van der Waals surface area contributed by atoms with Crippen LogP contribution in [0.4, 0.5) is 0 Å².